The first-order valence-electron chi connectivity index (χ1n) is 5.23. The number of anilines is 1. The van der Waals surface area contributed by atoms with E-state index in [9.17, 15) is 4.79 Å². The number of nitrogens with one attached hydrogen (secondary N) is 1. The van der Waals surface area contributed by atoms with Crippen molar-refractivity contribution in [1.29, 1.82) is 0 Å². The number of rotatable bonds is 4. The van der Waals surface area contributed by atoms with Gasteiger partial charge in [0.1, 0.15) is 5.82 Å². The smallest absolute Gasteiger partial charge is 0.255 e. The Labute approximate surface area is 98.5 Å². The van der Waals surface area contributed by atoms with E-state index >= 15 is 0 Å². The first-order valence-corrected chi connectivity index (χ1v) is 5.23. The number of nitrogen functional groups attached to an aromatic ring is 1. The molecule has 0 saturated carbocycles. The average molecular weight is 231 g/mol. The average Bonchev–Trinajstić information content (AvgIpc) is 2.82. The van der Waals surface area contributed by atoms with E-state index < -0.39 is 0 Å². The Kier molecular flexibility index (Phi) is 3.34. The van der Waals surface area contributed by atoms with Gasteiger partial charge in [0.2, 0.25) is 0 Å². The molecule has 6 heteroatoms. The molecule has 88 valence electrons. The molecule has 0 aliphatic rings. The van der Waals surface area contributed by atoms with Crippen LogP contribution in [0.1, 0.15) is 10.4 Å². The number of carbonyl (C=O) groups excluding carboxylic acids is 1. The summed E-state index contributed by atoms with van der Waals surface area (Å²) in [6.07, 6.45) is 5.08. The van der Waals surface area contributed by atoms with Crippen molar-refractivity contribution in [2.75, 3.05) is 12.3 Å². The Bertz CT molecular complexity index is 494. The van der Waals surface area contributed by atoms with Gasteiger partial charge in [0.15, 0.2) is 0 Å². The first kappa shape index (κ1) is 11.1. The van der Waals surface area contributed by atoms with Gasteiger partial charge in [-0.15, -0.1) is 0 Å². The number of carbonyl (C=O) groups is 1. The monoisotopic (exact) mass is 231 g/mol. The fourth-order valence-corrected chi connectivity index (χ4v) is 1.42. The Morgan fingerprint density at radius 3 is 3.00 bits per heavy atom. The van der Waals surface area contributed by atoms with Gasteiger partial charge in [-0.1, -0.05) is 0 Å². The molecule has 0 spiro atoms. The van der Waals surface area contributed by atoms with Crippen molar-refractivity contribution in [1.82, 2.24) is 20.1 Å². The number of aromatic nitrogens is 3. The lowest BCUT2D eigenvalue weighted by Gasteiger charge is -2.06. The van der Waals surface area contributed by atoms with Gasteiger partial charge in [0, 0.05) is 25.1 Å². The number of nitrogens with two attached hydrogens (primary N) is 1. The summed E-state index contributed by atoms with van der Waals surface area (Å²) in [6.45, 7) is 1.12. The molecule has 0 unspecified atom stereocenters. The minimum absolute atomic E-state index is 0.220. The highest BCUT2D eigenvalue weighted by Gasteiger charge is 2.08. The van der Waals surface area contributed by atoms with E-state index in [4.69, 9.17) is 5.73 Å². The highest BCUT2D eigenvalue weighted by molar-refractivity contribution is 5.98. The van der Waals surface area contributed by atoms with Gasteiger partial charge in [0.25, 0.3) is 5.91 Å². The topological polar surface area (TPSA) is 85.8 Å². The SMILES string of the molecule is Nc1ncccc1C(=O)NCCn1cccn1. The van der Waals surface area contributed by atoms with Crippen LogP contribution >= 0.6 is 0 Å². The minimum atomic E-state index is -0.220. The van der Waals surface area contributed by atoms with Crippen LogP contribution in [-0.4, -0.2) is 27.2 Å². The molecular formula is C11H13N5O. The standard InChI is InChI=1S/C11H13N5O/c12-10-9(3-1-4-13-10)11(17)14-6-8-16-7-2-5-15-16/h1-5,7H,6,8H2,(H2,12,13)(H,14,17). The van der Waals surface area contributed by atoms with Crippen LogP contribution in [0.25, 0.3) is 0 Å². The van der Waals surface area contributed by atoms with Gasteiger partial charge >= 0.3 is 0 Å². The Hall–Kier alpha value is -2.37. The summed E-state index contributed by atoms with van der Waals surface area (Å²) in [7, 11) is 0. The highest BCUT2D eigenvalue weighted by Crippen LogP contribution is 2.05. The van der Waals surface area contributed by atoms with Crippen LogP contribution in [0.2, 0.25) is 0 Å². The van der Waals surface area contributed by atoms with Gasteiger partial charge in [-0.2, -0.15) is 5.10 Å². The summed E-state index contributed by atoms with van der Waals surface area (Å²) >= 11 is 0. The van der Waals surface area contributed by atoms with Crippen LogP contribution in [0.5, 0.6) is 0 Å². The summed E-state index contributed by atoms with van der Waals surface area (Å²) in [4.78, 5) is 15.6. The summed E-state index contributed by atoms with van der Waals surface area (Å²) in [6, 6.07) is 5.16. The Morgan fingerprint density at radius 2 is 2.29 bits per heavy atom. The van der Waals surface area contributed by atoms with Gasteiger partial charge in [-0.25, -0.2) is 4.98 Å². The summed E-state index contributed by atoms with van der Waals surface area (Å²) in [5, 5.41) is 6.79. The van der Waals surface area contributed by atoms with Crippen molar-refractivity contribution in [3.05, 3.63) is 42.4 Å². The molecule has 0 saturated heterocycles. The molecule has 2 aromatic rings. The summed E-state index contributed by atoms with van der Waals surface area (Å²) < 4.78 is 1.74. The molecular weight excluding hydrogens is 218 g/mol. The molecule has 0 aliphatic carbocycles. The van der Waals surface area contributed by atoms with Crippen molar-refractivity contribution >= 4 is 11.7 Å². The van der Waals surface area contributed by atoms with Crippen molar-refractivity contribution in [2.45, 2.75) is 6.54 Å². The molecule has 17 heavy (non-hydrogen) atoms. The van der Waals surface area contributed by atoms with Crippen LogP contribution in [0.3, 0.4) is 0 Å². The fourth-order valence-electron chi connectivity index (χ4n) is 1.42. The molecule has 2 aromatic heterocycles. The second kappa shape index (κ2) is 5.11. The third-order valence-corrected chi connectivity index (χ3v) is 2.27. The van der Waals surface area contributed by atoms with Crippen LogP contribution in [0, 0.1) is 0 Å². The first-order chi connectivity index (χ1) is 8.27. The number of hydrogen-bond acceptors (Lipinski definition) is 4. The molecule has 0 radical (unpaired) electrons. The molecule has 0 fully saturated rings. The maximum absolute atomic E-state index is 11.7. The van der Waals surface area contributed by atoms with Gasteiger partial charge in [0.05, 0.1) is 12.1 Å². The maximum atomic E-state index is 11.7. The third kappa shape index (κ3) is 2.81. The van der Waals surface area contributed by atoms with Crippen molar-refractivity contribution < 1.29 is 4.79 Å². The highest BCUT2D eigenvalue weighted by atomic mass is 16.1. The number of hydrogen-bond donors (Lipinski definition) is 2. The lowest BCUT2D eigenvalue weighted by Crippen LogP contribution is -2.28. The predicted octanol–water partition coefficient (Wildman–Crippen LogP) is 0.290. The van der Waals surface area contributed by atoms with E-state index in [0.717, 1.165) is 0 Å². The molecule has 0 atom stereocenters. The van der Waals surface area contributed by atoms with Gasteiger partial charge in [-0.3, -0.25) is 9.48 Å². The van der Waals surface area contributed by atoms with Crippen molar-refractivity contribution in [2.24, 2.45) is 0 Å². The lowest BCUT2D eigenvalue weighted by atomic mass is 10.2. The van der Waals surface area contributed by atoms with E-state index in [1.807, 2.05) is 12.3 Å². The summed E-state index contributed by atoms with van der Waals surface area (Å²) in [5.41, 5.74) is 5.99. The Balaban J connectivity index is 1.88. The molecule has 1 amide bonds. The molecule has 6 nitrogen and oxygen atoms in total. The quantitative estimate of drug-likeness (QED) is 0.792. The molecule has 0 bridgehead atoms. The maximum Gasteiger partial charge on any atom is 0.255 e. The fraction of sp³-hybridized carbons (Fsp3) is 0.182. The Morgan fingerprint density at radius 1 is 1.41 bits per heavy atom. The zero-order valence-electron chi connectivity index (χ0n) is 9.21. The van der Waals surface area contributed by atoms with Gasteiger partial charge in [-0.05, 0) is 18.2 Å². The van der Waals surface area contributed by atoms with E-state index in [1.54, 1.807) is 29.2 Å². The number of nitrogens with zero attached hydrogens (tertiary/aromatic N) is 3. The predicted molar refractivity (Wildman–Crippen MR) is 63.2 cm³/mol. The lowest BCUT2D eigenvalue weighted by molar-refractivity contribution is 0.0952. The third-order valence-electron chi connectivity index (χ3n) is 2.27. The van der Waals surface area contributed by atoms with E-state index in [1.165, 1.54) is 0 Å². The van der Waals surface area contributed by atoms with E-state index in [2.05, 4.69) is 15.4 Å². The molecule has 0 aromatic carbocycles. The normalized spacial score (nSPS) is 10.1. The van der Waals surface area contributed by atoms with E-state index in [-0.39, 0.29) is 11.7 Å². The van der Waals surface area contributed by atoms with Gasteiger partial charge < -0.3 is 11.1 Å². The second-order valence-electron chi connectivity index (χ2n) is 3.46. The van der Waals surface area contributed by atoms with Crippen LogP contribution in [0.15, 0.2) is 36.8 Å². The summed E-state index contributed by atoms with van der Waals surface area (Å²) in [5.74, 6) is 0.0202. The largest absolute Gasteiger partial charge is 0.383 e. The molecule has 0 aliphatic heterocycles. The van der Waals surface area contributed by atoms with E-state index in [0.29, 0.717) is 18.7 Å². The number of amides is 1. The number of pyridine rings is 1. The molecule has 2 rings (SSSR count). The zero-order valence-corrected chi connectivity index (χ0v) is 9.21. The second-order valence-corrected chi connectivity index (χ2v) is 3.46. The van der Waals surface area contributed by atoms with Crippen LogP contribution in [0.4, 0.5) is 5.82 Å². The molecule has 3 N–H and O–H groups in total. The van der Waals surface area contributed by atoms with Crippen molar-refractivity contribution in [3.63, 3.8) is 0 Å². The van der Waals surface area contributed by atoms with Crippen LogP contribution < -0.4 is 11.1 Å². The van der Waals surface area contributed by atoms with Crippen molar-refractivity contribution in [3.8, 4) is 0 Å². The minimum Gasteiger partial charge on any atom is -0.383 e. The molecule has 2 heterocycles. The van der Waals surface area contributed by atoms with Crippen LogP contribution in [-0.2, 0) is 6.54 Å². The zero-order chi connectivity index (χ0) is 12.1.